The summed E-state index contributed by atoms with van der Waals surface area (Å²) >= 11 is 5.85. The molecule has 0 saturated heterocycles. The second-order valence-corrected chi connectivity index (χ2v) is 5.85. The van der Waals surface area contributed by atoms with Gasteiger partial charge in [0.1, 0.15) is 5.84 Å². The summed E-state index contributed by atoms with van der Waals surface area (Å²) in [6.07, 6.45) is -5.19. The van der Waals surface area contributed by atoms with Crippen molar-refractivity contribution in [2.75, 3.05) is 0 Å². The van der Waals surface area contributed by atoms with Gasteiger partial charge in [0.2, 0.25) is 0 Å². The Labute approximate surface area is 149 Å². The number of aliphatic imine (C=N–C) groups is 1. The number of halogens is 5. The summed E-state index contributed by atoms with van der Waals surface area (Å²) in [6, 6.07) is 14.5. The van der Waals surface area contributed by atoms with E-state index in [9.17, 15) is 13.2 Å². The summed E-state index contributed by atoms with van der Waals surface area (Å²) < 4.78 is 38.6. The van der Waals surface area contributed by atoms with Crippen molar-refractivity contribution in [2.24, 2.45) is 4.99 Å². The Hall–Kier alpha value is -1.72. The molecule has 2 atom stereocenters. The summed E-state index contributed by atoms with van der Waals surface area (Å²) in [5, 5.41) is 3.49. The summed E-state index contributed by atoms with van der Waals surface area (Å²) in [4.78, 5) is 4.49. The van der Waals surface area contributed by atoms with Crippen LogP contribution in [0.15, 0.2) is 59.6 Å². The lowest BCUT2D eigenvalue weighted by Gasteiger charge is -2.20. The van der Waals surface area contributed by atoms with Gasteiger partial charge in [0.25, 0.3) is 0 Å². The fraction of sp³-hybridized carbons (Fsp3) is 0.235. The Bertz CT molecular complexity index is 700. The van der Waals surface area contributed by atoms with Crippen LogP contribution < -0.4 is 5.32 Å². The van der Waals surface area contributed by atoms with Gasteiger partial charge in [0.05, 0.1) is 18.5 Å². The first-order valence-electron chi connectivity index (χ1n) is 7.14. The van der Waals surface area contributed by atoms with E-state index in [1.54, 1.807) is 48.5 Å². The molecular weight excluding hydrogens is 360 g/mol. The number of alkyl halides is 3. The van der Waals surface area contributed by atoms with Crippen LogP contribution in [0.3, 0.4) is 0 Å². The second-order valence-electron chi connectivity index (χ2n) is 5.41. The van der Waals surface area contributed by atoms with Crippen molar-refractivity contribution in [3.8, 4) is 0 Å². The predicted molar refractivity (Wildman–Crippen MR) is 92.0 cm³/mol. The lowest BCUT2D eigenvalue weighted by molar-refractivity contribution is -0.139. The van der Waals surface area contributed by atoms with E-state index in [1.165, 1.54) is 0 Å². The molecule has 2 unspecified atom stereocenters. The van der Waals surface area contributed by atoms with Gasteiger partial charge in [0.15, 0.2) is 0 Å². The number of hydrogen-bond acceptors (Lipinski definition) is 2. The topological polar surface area (TPSA) is 24.4 Å². The fourth-order valence-electron chi connectivity index (χ4n) is 2.66. The Morgan fingerprint density at radius 1 is 1.00 bits per heavy atom. The van der Waals surface area contributed by atoms with Crippen molar-refractivity contribution >= 4 is 29.8 Å². The summed E-state index contributed by atoms with van der Waals surface area (Å²) in [5.41, 5.74) is 1.48. The summed E-state index contributed by atoms with van der Waals surface area (Å²) in [6.45, 7) is 0. The number of benzene rings is 2. The highest BCUT2D eigenvalue weighted by molar-refractivity contribution is 6.30. The lowest BCUT2D eigenvalue weighted by atomic mass is 9.98. The standard InChI is InChI=1S/C17H14ClF3N2.ClH/c18-13-8-6-12(7-9-13)16-22-14(10-17(19,20)21)15(23-16)11-4-2-1-3-5-11;/h1-9,14-15H,10H2,(H,22,23);1H. The first-order chi connectivity index (χ1) is 10.9. The highest BCUT2D eigenvalue weighted by Crippen LogP contribution is 2.34. The van der Waals surface area contributed by atoms with Crippen LogP contribution in [0.5, 0.6) is 0 Å². The van der Waals surface area contributed by atoms with Crippen LogP contribution in [0.1, 0.15) is 23.6 Å². The van der Waals surface area contributed by atoms with Gasteiger partial charge in [-0.1, -0.05) is 41.9 Å². The van der Waals surface area contributed by atoms with Crippen LogP contribution in [0.25, 0.3) is 0 Å². The molecule has 0 bridgehead atoms. The Kier molecular flexibility index (Phi) is 5.78. The SMILES string of the molecule is Cl.FC(F)(F)CC1NC(c2ccc(Cl)cc2)=NC1c1ccccc1. The number of rotatable bonds is 3. The highest BCUT2D eigenvalue weighted by atomic mass is 35.5. The average Bonchev–Trinajstić information content (AvgIpc) is 2.90. The van der Waals surface area contributed by atoms with Gasteiger partial charge in [0, 0.05) is 10.6 Å². The minimum Gasteiger partial charge on any atom is -0.364 e. The van der Waals surface area contributed by atoms with Crippen LogP contribution in [0.2, 0.25) is 5.02 Å². The molecule has 1 aliphatic rings. The molecule has 2 nitrogen and oxygen atoms in total. The van der Waals surface area contributed by atoms with E-state index in [2.05, 4.69) is 10.3 Å². The number of nitrogens with zero attached hydrogens (tertiary/aromatic N) is 1. The van der Waals surface area contributed by atoms with Crippen LogP contribution in [-0.4, -0.2) is 18.1 Å². The summed E-state index contributed by atoms with van der Waals surface area (Å²) in [7, 11) is 0. The van der Waals surface area contributed by atoms with Crippen LogP contribution >= 0.6 is 24.0 Å². The first kappa shape index (κ1) is 18.6. The molecule has 0 aromatic heterocycles. The molecule has 1 heterocycles. The molecule has 128 valence electrons. The van der Waals surface area contributed by atoms with E-state index >= 15 is 0 Å². The normalized spacial score (nSPS) is 20.1. The molecule has 2 aromatic carbocycles. The van der Waals surface area contributed by atoms with E-state index < -0.39 is 24.7 Å². The van der Waals surface area contributed by atoms with Gasteiger partial charge in [-0.2, -0.15) is 13.2 Å². The van der Waals surface area contributed by atoms with E-state index in [0.29, 0.717) is 10.9 Å². The maximum Gasteiger partial charge on any atom is 0.391 e. The van der Waals surface area contributed by atoms with Crippen molar-refractivity contribution in [2.45, 2.75) is 24.7 Å². The monoisotopic (exact) mass is 374 g/mol. The number of nitrogens with one attached hydrogen (secondary N) is 1. The van der Waals surface area contributed by atoms with Gasteiger partial charge in [-0.15, -0.1) is 12.4 Å². The van der Waals surface area contributed by atoms with Crippen molar-refractivity contribution in [1.29, 1.82) is 0 Å². The molecule has 24 heavy (non-hydrogen) atoms. The zero-order valence-electron chi connectivity index (χ0n) is 12.4. The molecule has 0 saturated carbocycles. The number of amidine groups is 1. The third kappa shape index (κ3) is 4.42. The molecule has 0 fully saturated rings. The van der Waals surface area contributed by atoms with Gasteiger partial charge >= 0.3 is 6.18 Å². The van der Waals surface area contributed by atoms with Crippen molar-refractivity contribution in [3.05, 3.63) is 70.7 Å². The van der Waals surface area contributed by atoms with E-state index in [0.717, 1.165) is 11.1 Å². The zero-order valence-corrected chi connectivity index (χ0v) is 14.0. The molecule has 0 amide bonds. The smallest absolute Gasteiger partial charge is 0.364 e. The molecule has 7 heteroatoms. The molecule has 0 spiro atoms. The fourth-order valence-corrected chi connectivity index (χ4v) is 2.78. The second kappa shape index (κ2) is 7.45. The third-order valence-electron chi connectivity index (χ3n) is 3.68. The van der Waals surface area contributed by atoms with Gasteiger partial charge in [-0.3, -0.25) is 4.99 Å². The van der Waals surface area contributed by atoms with Crippen LogP contribution in [0.4, 0.5) is 13.2 Å². The molecule has 0 aliphatic carbocycles. The Balaban J connectivity index is 0.00000208. The van der Waals surface area contributed by atoms with Crippen molar-refractivity contribution in [3.63, 3.8) is 0 Å². The number of hydrogen-bond donors (Lipinski definition) is 1. The van der Waals surface area contributed by atoms with Gasteiger partial charge in [-0.25, -0.2) is 0 Å². The predicted octanol–water partition coefficient (Wildman–Crippen LogP) is 5.17. The maximum atomic E-state index is 12.9. The first-order valence-corrected chi connectivity index (χ1v) is 7.52. The average molecular weight is 375 g/mol. The minimum absolute atomic E-state index is 0. The largest absolute Gasteiger partial charge is 0.391 e. The zero-order chi connectivity index (χ0) is 16.4. The highest BCUT2D eigenvalue weighted by Gasteiger charge is 2.39. The quantitative estimate of drug-likeness (QED) is 0.786. The van der Waals surface area contributed by atoms with E-state index in [-0.39, 0.29) is 12.4 Å². The van der Waals surface area contributed by atoms with Gasteiger partial charge in [-0.05, 0) is 29.8 Å². The third-order valence-corrected chi connectivity index (χ3v) is 3.93. The minimum atomic E-state index is -4.25. The van der Waals surface area contributed by atoms with Crippen LogP contribution in [-0.2, 0) is 0 Å². The molecule has 0 radical (unpaired) electrons. The molecule has 1 N–H and O–H groups in total. The maximum absolute atomic E-state index is 12.9. The van der Waals surface area contributed by atoms with Crippen molar-refractivity contribution in [1.82, 2.24) is 5.32 Å². The van der Waals surface area contributed by atoms with Crippen molar-refractivity contribution < 1.29 is 13.2 Å². The molecule has 3 rings (SSSR count). The Morgan fingerprint density at radius 3 is 2.21 bits per heavy atom. The van der Waals surface area contributed by atoms with E-state index in [4.69, 9.17) is 11.6 Å². The van der Waals surface area contributed by atoms with E-state index in [1.807, 2.05) is 6.07 Å². The van der Waals surface area contributed by atoms with Gasteiger partial charge < -0.3 is 5.32 Å². The molecular formula is C17H15Cl2F3N2. The molecule has 1 aliphatic heterocycles. The Morgan fingerprint density at radius 2 is 1.62 bits per heavy atom. The van der Waals surface area contributed by atoms with Crippen LogP contribution in [0, 0.1) is 0 Å². The lowest BCUT2D eigenvalue weighted by Crippen LogP contribution is -2.36. The summed E-state index contributed by atoms with van der Waals surface area (Å²) in [5.74, 6) is 0.463. The molecule has 2 aromatic rings.